The smallest absolute Gasteiger partial charge is 0.252 e. The van der Waals surface area contributed by atoms with E-state index in [1.807, 2.05) is 13.8 Å². The number of nitrogens with zero attached hydrogens (tertiary/aromatic N) is 2. The number of amidine groups is 1. The quantitative estimate of drug-likeness (QED) is 0.743. The van der Waals surface area contributed by atoms with Crippen LogP contribution in [-0.2, 0) is 4.79 Å². The van der Waals surface area contributed by atoms with Gasteiger partial charge in [-0.3, -0.25) is 9.69 Å². The van der Waals surface area contributed by atoms with E-state index >= 15 is 0 Å². The molecule has 0 atom stereocenters. The summed E-state index contributed by atoms with van der Waals surface area (Å²) in [5, 5.41) is 0. The minimum absolute atomic E-state index is 0.0279. The van der Waals surface area contributed by atoms with E-state index in [0.29, 0.717) is 17.1 Å². The van der Waals surface area contributed by atoms with Crippen molar-refractivity contribution in [1.82, 2.24) is 4.90 Å². The number of amides is 1. The van der Waals surface area contributed by atoms with Crippen molar-refractivity contribution < 1.29 is 4.79 Å². The summed E-state index contributed by atoms with van der Waals surface area (Å²) in [7, 11) is 0. The monoisotopic (exact) mass is 234 g/mol. The Morgan fingerprint density at radius 1 is 1.41 bits per heavy atom. The topological polar surface area (TPSA) is 84.7 Å². The highest BCUT2D eigenvalue weighted by Gasteiger charge is 2.27. The molecule has 0 saturated heterocycles. The van der Waals surface area contributed by atoms with Crippen molar-refractivity contribution in [3.63, 3.8) is 0 Å². The van der Waals surface area contributed by atoms with Crippen LogP contribution in [0.5, 0.6) is 0 Å². The first-order valence-electron chi connectivity index (χ1n) is 5.35. The van der Waals surface area contributed by atoms with Gasteiger partial charge in [0.2, 0.25) is 0 Å². The van der Waals surface area contributed by atoms with Crippen molar-refractivity contribution in [2.75, 3.05) is 0 Å². The van der Waals surface area contributed by atoms with Gasteiger partial charge in [-0.1, -0.05) is 6.58 Å². The fourth-order valence-electron chi connectivity index (χ4n) is 1.60. The Kier molecular flexibility index (Phi) is 3.73. The van der Waals surface area contributed by atoms with Gasteiger partial charge in [0.15, 0.2) is 0 Å². The molecule has 1 aliphatic heterocycles. The van der Waals surface area contributed by atoms with Crippen molar-refractivity contribution >= 4 is 11.7 Å². The van der Waals surface area contributed by atoms with Crippen LogP contribution in [0, 0.1) is 0 Å². The van der Waals surface area contributed by atoms with Crippen LogP contribution < -0.4 is 11.5 Å². The molecule has 0 bridgehead atoms. The zero-order chi connectivity index (χ0) is 13.2. The van der Waals surface area contributed by atoms with E-state index in [4.69, 9.17) is 11.5 Å². The summed E-state index contributed by atoms with van der Waals surface area (Å²) in [6.07, 6.45) is 3.13. The minimum Gasteiger partial charge on any atom is -0.402 e. The average molecular weight is 234 g/mol. The highest BCUT2D eigenvalue weighted by Crippen LogP contribution is 2.18. The van der Waals surface area contributed by atoms with E-state index in [2.05, 4.69) is 11.6 Å². The maximum absolute atomic E-state index is 11.8. The van der Waals surface area contributed by atoms with E-state index < -0.39 is 0 Å². The van der Waals surface area contributed by atoms with Gasteiger partial charge in [-0.15, -0.1) is 0 Å². The standard InChI is InChI=1S/C12H18N4O/c1-7(2)16-11(17)6-5-10(8(3)13)12(16)15-9(4)14/h5-7H,4,13-14H2,1-3H3/b10-8-,15-12+. The summed E-state index contributed by atoms with van der Waals surface area (Å²) in [4.78, 5) is 17.5. The molecule has 92 valence electrons. The highest BCUT2D eigenvalue weighted by molar-refractivity contribution is 6.16. The predicted molar refractivity (Wildman–Crippen MR) is 68.8 cm³/mol. The molecule has 0 aliphatic carbocycles. The number of hydrogen-bond acceptors (Lipinski definition) is 4. The van der Waals surface area contributed by atoms with Gasteiger partial charge < -0.3 is 11.5 Å². The molecule has 1 rings (SSSR count). The predicted octanol–water partition coefficient (Wildman–Crippen LogP) is 0.854. The Balaban J connectivity index is 3.40. The molecule has 5 heteroatoms. The fourth-order valence-corrected chi connectivity index (χ4v) is 1.60. The Morgan fingerprint density at radius 3 is 2.41 bits per heavy atom. The van der Waals surface area contributed by atoms with Crippen LogP contribution in [0.25, 0.3) is 0 Å². The van der Waals surface area contributed by atoms with Crippen LogP contribution in [0.15, 0.2) is 40.8 Å². The number of carbonyl (C=O) groups excluding carboxylic acids is 1. The van der Waals surface area contributed by atoms with Gasteiger partial charge in [0.05, 0.1) is 0 Å². The summed E-state index contributed by atoms with van der Waals surface area (Å²) >= 11 is 0. The normalized spacial score (nSPS) is 21.3. The van der Waals surface area contributed by atoms with E-state index in [-0.39, 0.29) is 17.8 Å². The largest absolute Gasteiger partial charge is 0.402 e. The van der Waals surface area contributed by atoms with E-state index in [1.165, 1.54) is 6.08 Å². The first-order chi connectivity index (χ1) is 7.84. The molecule has 0 aromatic rings. The van der Waals surface area contributed by atoms with Crippen LogP contribution in [0.4, 0.5) is 0 Å². The summed E-state index contributed by atoms with van der Waals surface area (Å²) in [5.41, 5.74) is 12.5. The lowest BCUT2D eigenvalue weighted by molar-refractivity contribution is -0.123. The molecular weight excluding hydrogens is 216 g/mol. The van der Waals surface area contributed by atoms with Crippen LogP contribution in [0.1, 0.15) is 20.8 Å². The van der Waals surface area contributed by atoms with Gasteiger partial charge in [0.1, 0.15) is 11.7 Å². The summed E-state index contributed by atoms with van der Waals surface area (Å²) in [5.74, 6) is 0.470. The molecule has 1 aliphatic rings. The van der Waals surface area contributed by atoms with E-state index in [1.54, 1.807) is 17.9 Å². The lowest BCUT2D eigenvalue weighted by atomic mass is 10.1. The molecule has 1 amide bonds. The average Bonchev–Trinajstić information content (AvgIpc) is 2.15. The second-order valence-corrected chi connectivity index (χ2v) is 4.16. The van der Waals surface area contributed by atoms with Crippen LogP contribution in [0.2, 0.25) is 0 Å². The third-order valence-electron chi connectivity index (χ3n) is 2.29. The molecule has 0 spiro atoms. The first kappa shape index (κ1) is 13.0. The van der Waals surface area contributed by atoms with Crippen molar-refractivity contribution in [3.8, 4) is 0 Å². The SMILES string of the molecule is C=C(N)/N=C1\C(=C(\C)N)C=CC(=O)N1C(C)C. The van der Waals surface area contributed by atoms with E-state index in [0.717, 1.165) is 0 Å². The Labute approximate surface area is 101 Å². The minimum atomic E-state index is -0.134. The summed E-state index contributed by atoms with van der Waals surface area (Å²) < 4.78 is 0. The zero-order valence-corrected chi connectivity index (χ0v) is 10.4. The Morgan fingerprint density at radius 2 is 2.00 bits per heavy atom. The second kappa shape index (κ2) is 4.86. The molecular formula is C12H18N4O. The summed E-state index contributed by atoms with van der Waals surface area (Å²) in [6.45, 7) is 9.08. The molecule has 1 heterocycles. The molecule has 0 radical (unpaired) electrons. The number of hydrogen-bond donors (Lipinski definition) is 2. The third-order valence-corrected chi connectivity index (χ3v) is 2.29. The van der Waals surface area contributed by atoms with Gasteiger partial charge in [-0.2, -0.15) is 0 Å². The summed E-state index contributed by atoms with van der Waals surface area (Å²) in [6, 6.07) is -0.0279. The Hall–Kier alpha value is -2.04. The maximum Gasteiger partial charge on any atom is 0.252 e. The van der Waals surface area contributed by atoms with Gasteiger partial charge >= 0.3 is 0 Å². The van der Waals surface area contributed by atoms with Crippen LogP contribution in [0.3, 0.4) is 0 Å². The van der Waals surface area contributed by atoms with Crippen molar-refractivity contribution in [3.05, 3.63) is 35.8 Å². The van der Waals surface area contributed by atoms with Gasteiger partial charge in [0.25, 0.3) is 5.91 Å². The molecule has 5 nitrogen and oxygen atoms in total. The zero-order valence-electron chi connectivity index (χ0n) is 10.4. The van der Waals surface area contributed by atoms with E-state index in [9.17, 15) is 4.79 Å². The molecule has 4 N–H and O–H groups in total. The molecule has 0 fully saturated rings. The van der Waals surface area contributed by atoms with Crippen molar-refractivity contribution in [2.24, 2.45) is 16.5 Å². The molecule has 0 saturated carbocycles. The lowest BCUT2D eigenvalue weighted by Gasteiger charge is -2.30. The van der Waals surface area contributed by atoms with Gasteiger partial charge in [-0.25, -0.2) is 4.99 Å². The molecule has 0 aromatic carbocycles. The number of allylic oxidation sites excluding steroid dienone is 1. The van der Waals surface area contributed by atoms with Crippen LogP contribution >= 0.6 is 0 Å². The maximum atomic E-state index is 11.8. The first-order valence-corrected chi connectivity index (χ1v) is 5.35. The second-order valence-electron chi connectivity index (χ2n) is 4.16. The lowest BCUT2D eigenvalue weighted by Crippen LogP contribution is -2.44. The van der Waals surface area contributed by atoms with Crippen molar-refractivity contribution in [2.45, 2.75) is 26.8 Å². The molecule has 17 heavy (non-hydrogen) atoms. The van der Waals surface area contributed by atoms with Crippen LogP contribution in [-0.4, -0.2) is 22.7 Å². The Bertz CT molecular complexity index is 439. The molecule has 0 unspecified atom stereocenters. The third kappa shape index (κ3) is 2.75. The van der Waals surface area contributed by atoms with Crippen molar-refractivity contribution in [1.29, 1.82) is 0 Å². The number of aliphatic imine (C=N–C) groups is 1. The number of rotatable bonds is 2. The fraction of sp³-hybridized carbons (Fsp3) is 0.333. The number of carbonyl (C=O) groups is 1. The highest BCUT2D eigenvalue weighted by atomic mass is 16.2. The van der Waals surface area contributed by atoms with Gasteiger partial charge in [-0.05, 0) is 26.8 Å². The number of nitrogens with two attached hydrogens (primary N) is 2. The van der Waals surface area contributed by atoms with Gasteiger partial charge in [0, 0.05) is 23.4 Å². The molecule has 0 aromatic heterocycles.